The molecule has 10 heteroatoms. The van der Waals surface area contributed by atoms with E-state index in [-0.39, 0.29) is 10.6 Å². The summed E-state index contributed by atoms with van der Waals surface area (Å²) in [7, 11) is 3.70. The van der Waals surface area contributed by atoms with E-state index in [2.05, 4.69) is 37.7 Å². The summed E-state index contributed by atoms with van der Waals surface area (Å²) in [4.78, 5) is 24.7. The second-order valence-corrected chi connectivity index (χ2v) is 10.5. The largest absolute Gasteiger partial charge is 0.360 e. The van der Waals surface area contributed by atoms with Gasteiger partial charge in [0, 0.05) is 36.7 Å². The van der Waals surface area contributed by atoms with E-state index in [0.717, 1.165) is 59.0 Å². The van der Waals surface area contributed by atoms with Crippen molar-refractivity contribution in [3.05, 3.63) is 83.2 Å². The van der Waals surface area contributed by atoms with Crippen molar-refractivity contribution in [1.82, 2.24) is 25.1 Å². The number of hydroxylamine groups is 3. The van der Waals surface area contributed by atoms with Crippen molar-refractivity contribution in [3.8, 4) is 11.4 Å². The van der Waals surface area contributed by atoms with Gasteiger partial charge in [-0.1, -0.05) is 30.3 Å². The Hall–Kier alpha value is -4.28. The highest BCUT2D eigenvalue weighted by molar-refractivity contribution is 5.95. The molecule has 0 spiro atoms. The summed E-state index contributed by atoms with van der Waals surface area (Å²) in [6.07, 6.45) is 3.33. The lowest BCUT2D eigenvalue weighted by Crippen LogP contribution is -2.55. The summed E-state index contributed by atoms with van der Waals surface area (Å²) in [5.74, 6) is 0.319. The van der Waals surface area contributed by atoms with E-state index < -0.39 is 0 Å². The molecule has 6 rings (SSSR count). The van der Waals surface area contributed by atoms with Crippen molar-refractivity contribution in [2.24, 2.45) is 7.05 Å². The fourth-order valence-corrected chi connectivity index (χ4v) is 5.30. The Morgan fingerprint density at radius 2 is 1.79 bits per heavy atom. The maximum Gasteiger partial charge on any atom is 0.272 e. The molecule has 200 valence electrons. The van der Waals surface area contributed by atoms with Gasteiger partial charge < -0.3 is 15.5 Å². The molecule has 2 aliphatic rings. The molecule has 0 bridgehead atoms. The fraction of sp³-hybridized carbons (Fsp3) is 0.310. The van der Waals surface area contributed by atoms with E-state index in [1.54, 1.807) is 4.68 Å². The number of nitrogens with zero attached hydrogens (tertiary/aromatic N) is 6. The van der Waals surface area contributed by atoms with Gasteiger partial charge in [-0.3, -0.25) is 9.48 Å². The van der Waals surface area contributed by atoms with Crippen LogP contribution >= 0.6 is 0 Å². The number of piperazine rings is 1. The molecule has 1 saturated heterocycles. The molecule has 0 saturated carbocycles. The summed E-state index contributed by atoms with van der Waals surface area (Å²) in [6, 6.07) is 18.0. The predicted molar refractivity (Wildman–Crippen MR) is 149 cm³/mol. The number of carbonyl (C=O) groups is 1. The molecule has 0 atom stereocenters. The summed E-state index contributed by atoms with van der Waals surface area (Å²) in [5.41, 5.74) is 7.15. The average Bonchev–Trinajstić information content (AvgIpc) is 3.29. The molecule has 1 amide bonds. The van der Waals surface area contributed by atoms with Crippen LogP contribution in [0.3, 0.4) is 0 Å². The maximum absolute atomic E-state index is 13.0. The van der Waals surface area contributed by atoms with Crippen LogP contribution in [0.25, 0.3) is 11.4 Å². The third kappa shape index (κ3) is 5.21. The number of carbonyl (C=O) groups excluding carboxylic acids is 1. The first-order valence-corrected chi connectivity index (χ1v) is 13.3. The summed E-state index contributed by atoms with van der Waals surface area (Å²) >= 11 is 0. The van der Waals surface area contributed by atoms with Gasteiger partial charge >= 0.3 is 0 Å². The van der Waals surface area contributed by atoms with Crippen molar-refractivity contribution in [2.75, 3.05) is 43.4 Å². The van der Waals surface area contributed by atoms with Crippen molar-refractivity contribution in [3.63, 3.8) is 0 Å². The molecule has 2 aromatic carbocycles. The van der Waals surface area contributed by atoms with Gasteiger partial charge in [-0.05, 0) is 48.2 Å². The highest BCUT2D eigenvalue weighted by Gasteiger charge is 2.29. The Labute approximate surface area is 227 Å². The number of aryl methyl sites for hydroxylation is 2. The zero-order chi connectivity index (χ0) is 27.0. The average molecular weight is 526 g/mol. The second kappa shape index (κ2) is 10.1. The zero-order valence-electron chi connectivity index (χ0n) is 22.3. The molecule has 4 aromatic rings. The molecule has 2 aromatic heterocycles. The normalized spacial score (nSPS) is 15.8. The standard InChI is InChI=1S/C29H32N8O2/c1-35-27-24(26(34-35)28(38)30-18-20-6-4-3-5-7-20)13-8-21-19-31-29(33-25(21)27)32-22-9-11-23(12-10-22)36-14-16-37(2,39)17-15-36/h3-7,9-12,19,39H,8,13-18H2,1-2H3,(H-,30,31,32,33,38)/p+1. The molecular weight excluding hydrogens is 492 g/mol. The van der Waals surface area contributed by atoms with Crippen LogP contribution in [0, 0.1) is 0 Å². The maximum atomic E-state index is 13.0. The van der Waals surface area contributed by atoms with E-state index in [9.17, 15) is 10.0 Å². The number of quaternary nitrogens is 1. The van der Waals surface area contributed by atoms with E-state index in [4.69, 9.17) is 4.98 Å². The van der Waals surface area contributed by atoms with Crippen molar-refractivity contribution >= 4 is 23.2 Å². The number of likely N-dealkylation sites (N-methyl/N-ethyl adjacent to an activating group) is 1. The van der Waals surface area contributed by atoms with Gasteiger partial charge in [-0.25, -0.2) is 15.2 Å². The van der Waals surface area contributed by atoms with Crippen LogP contribution < -0.4 is 15.5 Å². The molecule has 10 nitrogen and oxygen atoms in total. The Morgan fingerprint density at radius 1 is 1.05 bits per heavy atom. The third-order valence-corrected chi connectivity index (χ3v) is 7.58. The molecule has 1 fully saturated rings. The SMILES string of the molecule is Cn1nc(C(=O)NCc2ccccc2)c2c1-c1nc(Nc3ccc(N4CC[N+](C)(O)CC4)cc3)ncc1CC2. The predicted octanol–water partition coefficient (Wildman–Crippen LogP) is 3.31. The first-order valence-electron chi connectivity index (χ1n) is 13.3. The number of hydrogen-bond acceptors (Lipinski definition) is 7. The smallest absolute Gasteiger partial charge is 0.272 e. The lowest BCUT2D eigenvalue weighted by molar-refractivity contribution is -1.09. The number of anilines is 3. The minimum absolute atomic E-state index is 0.0734. The summed E-state index contributed by atoms with van der Waals surface area (Å²) in [5, 5.41) is 21.1. The highest BCUT2D eigenvalue weighted by Crippen LogP contribution is 2.34. The van der Waals surface area contributed by atoms with Crippen LogP contribution in [0.15, 0.2) is 60.8 Å². The van der Waals surface area contributed by atoms with Crippen molar-refractivity contribution < 1.29 is 14.6 Å². The number of fused-ring (bicyclic) bond motifs is 3. The molecule has 1 aliphatic heterocycles. The number of nitrogens with one attached hydrogen (secondary N) is 2. The second-order valence-electron chi connectivity index (χ2n) is 10.5. The van der Waals surface area contributed by atoms with Crippen molar-refractivity contribution in [1.29, 1.82) is 0 Å². The number of aromatic nitrogens is 4. The van der Waals surface area contributed by atoms with Crippen LogP contribution in [-0.2, 0) is 26.4 Å². The quantitative estimate of drug-likeness (QED) is 0.332. The summed E-state index contributed by atoms with van der Waals surface area (Å²) in [6.45, 7) is 3.49. The minimum atomic E-state index is -0.178. The number of amides is 1. The van der Waals surface area contributed by atoms with Gasteiger partial charge in [0.05, 0.1) is 31.5 Å². The van der Waals surface area contributed by atoms with Crippen LogP contribution in [0.1, 0.15) is 27.2 Å². The Balaban J connectivity index is 1.18. The minimum Gasteiger partial charge on any atom is -0.360 e. The van der Waals surface area contributed by atoms with Gasteiger partial charge in [-0.2, -0.15) is 9.75 Å². The highest BCUT2D eigenvalue weighted by atomic mass is 16.5. The molecule has 3 N–H and O–H groups in total. The topological polar surface area (TPSA) is 108 Å². The zero-order valence-corrected chi connectivity index (χ0v) is 22.3. The van der Waals surface area contributed by atoms with Crippen LogP contribution in [0.4, 0.5) is 17.3 Å². The van der Waals surface area contributed by atoms with Crippen LogP contribution in [0.5, 0.6) is 0 Å². The first-order chi connectivity index (χ1) is 18.9. The molecule has 0 unspecified atom stereocenters. The third-order valence-electron chi connectivity index (χ3n) is 7.58. The fourth-order valence-electron chi connectivity index (χ4n) is 5.30. The van der Waals surface area contributed by atoms with E-state index in [1.165, 1.54) is 0 Å². The monoisotopic (exact) mass is 525 g/mol. The number of rotatable bonds is 6. The molecular formula is C29H33N8O2+. The Morgan fingerprint density at radius 3 is 2.54 bits per heavy atom. The lowest BCUT2D eigenvalue weighted by Gasteiger charge is -2.37. The van der Waals surface area contributed by atoms with E-state index in [1.807, 2.05) is 62.8 Å². The number of hydrogen-bond donors (Lipinski definition) is 3. The van der Waals surface area contributed by atoms with E-state index in [0.29, 0.717) is 37.7 Å². The molecule has 0 radical (unpaired) electrons. The van der Waals surface area contributed by atoms with E-state index >= 15 is 0 Å². The Kier molecular flexibility index (Phi) is 6.49. The lowest BCUT2D eigenvalue weighted by atomic mass is 9.93. The first kappa shape index (κ1) is 25.0. The van der Waals surface area contributed by atoms with Gasteiger partial charge in [-0.15, -0.1) is 0 Å². The molecule has 1 aliphatic carbocycles. The van der Waals surface area contributed by atoms with Gasteiger partial charge in [0.1, 0.15) is 13.1 Å². The molecule has 39 heavy (non-hydrogen) atoms. The van der Waals surface area contributed by atoms with Crippen molar-refractivity contribution in [2.45, 2.75) is 19.4 Å². The van der Waals surface area contributed by atoms with Gasteiger partial charge in [0.15, 0.2) is 5.69 Å². The van der Waals surface area contributed by atoms with Crippen LogP contribution in [0.2, 0.25) is 0 Å². The Bertz CT molecular complexity index is 1490. The van der Waals surface area contributed by atoms with Crippen LogP contribution in [-0.4, -0.2) is 68.7 Å². The number of benzene rings is 2. The summed E-state index contributed by atoms with van der Waals surface area (Å²) < 4.78 is 1.83. The van der Waals surface area contributed by atoms with Gasteiger partial charge in [0.25, 0.3) is 5.91 Å². The van der Waals surface area contributed by atoms with Gasteiger partial charge in [0.2, 0.25) is 5.95 Å². The molecule has 3 heterocycles.